The van der Waals surface area contributed by atoms with Gasteiger partial charge in [-0.2, -0.15) is 0 Å². The van der Waals surface area contributed by atoms with Crippen LogP contribution in [0.2, 0.25) is 0 Å². The first-order valence-electron chi connectivity index (χ1n) is 5.40. The van der Waals surface area contributed by atoms with Crippen LogP contribution in [0.3, 0.4) is 0 Å². The molecule has 0 aromatic carbocycles. The highest BCUT2D eigenvalue weighted by Crippen LogP contribution is 2.54. The molecule has 3 heteroatoms. The van der Waals surface area contributed by atoms with Gasteiger partial charge in [-0.15, -0.1) is 22.7 Å². The van der Waals surface area contributed by atoms with Crippen LogP contribution < -0.4 is 0 Å². The molecule has 0 atom stereocenters. The second-order valence-electron chi connectivity index (χ2n) is 4.45. The Morgan fingerprint density at radius 1 is 0.812 bits per heavy atom. The van der Waals surface area contributed by atoms with Crippen LogP contribution in [0.1, 0.15) is 38.1 Å². The predicted octanol–water partition coefficient (Wildman–Crippen LogP) is 4.11. The van der Waals surface area contributed by atoms with Crippen molar-refractivity contribution >= 4 is 22.7 Å². The predicted molar refractivity (Wildman–Crippen MR) is 70.6 cm³/mol. The van der Waals surface area contributed by atoms with E-state index in [0.717, 1.165) is 11.1 Å². The van der Waals surface area contributed by atoms with E-state index in [9.17, 15) is 5.11 Å². The van der Waals surface area contributed by atoms with E-state index in [-0.39, 0.29) is 6.10 Å². The summed E-state index contributed by atoms with van der Waals surface area (Å²) in [7, 11) is 0. The van der Waals surface area contributed by atoms with E-state index in [1.807, 2.05) is 22.7 Å². The minimum absolute atomic E-state index is 0.389. The van der Waals surface area contributed by atoms with Gasteiger partial charge in [0.2, 0.25) is 0 Å². The minimum Gasteiger partial charge on any atom is -0.384 e. The third-order valence-corrected chi connectivity index (χ3v) is 6.23. The van der Waals surface area contributed by atoms with Crippen molar-refractivity contribution in [3.05, 3.63) is 32.0 Å². The van der Waals surface area contributed by atoms with Crippen LogP contribution in [0.4, 0.5) is 0 Å². The molecular formula is C13H14OS2. The Hall–Kier alpha value is -0.640. The van der Waals surface area contributed by atoms with Gasteiger partial charge in [-0.1, -0.05) is 0 Å². The highest BCUT2D eigenvalue weighted by molar-refractivity contribution is 7.22. The van der Waals surface area contributed by atoms with E-state index in [2.05, 4.69) is 27.7 Å². The van der Waals surface area contributed by atoms with Crippen LogP contribution in [0.25, 0.3) is 9.75 Å². The van der Waals surface area contributed by atoms with Gasteiger partial charge in [0.15, 0.2) is 0 Å². The summed E-state index contributed by atoms with van der Waals surface area (Å²) in [5, 5.41) is 10.4. The molecule has 16 heavy (non-hydrogen) atoms. The quantitative estimate of drug-likeness (QED) is 0.746. The maximum atomic E-state index is 10.4. The van der Waals surface area contributed by atoms with Crippen molar-refractivity contribution in [3.63, 3.8) is 0 Å². The molecule has 0 saturated heterocycles. The Bertz CT molecular complexity index is 537. The number of hydrogen-bond donors (Lipinski definition) is 1. The Labute approximate surface area is 103 Å². The number of thiophene rings is 2. The molecule has 0 fully saturated rings. The number of rotatable bonds is 0. The van der Waals surface area contributed by atoms with Gasteiger partial charge in [0, 0.05) is 20.9 Å². The fourth-order valence-corrected chi connectivity index (χ4v) is 4.97. The van der Waals surface area contributed by atoms with Crippen LogP contribution in [-0.4, -0.2) is 5.11 Å². The zero-order valence-corrected chi connectivity index (χ0v) is 11.5. The first-order valence-corrected chi connectivity index (χ1v) is 7.04. The van der Waals surface area contributed by atoms with E-state index < -0.39 is 0 Å². The van der Waals surface area contributed by atoms with Crippen LogP contribution in [0.5, 0.6) is 0 Å². The van der Waals surface area contributed by atoms with Gasteiger partial charge in [-0.3, -0.25) is 0 Å². The van der Waals surface area contributed by atoms with Gasteiger partial charge >= 0.3 is 0 Å². The monoisotopic (exact) mass is 250 g/mol. The number of aliphatic hydroxyl groups is 1. The topological polar surface area (TPSA) is 20.2 Å². The molecule has 2 heterocycles. The molecule has 0 aliphatic heterocycles. The molecule has 3 rings (SSSR count). The lowest BCUT2D eigenvalue weighted by Gasteiger charge is -2.07. The smallest absolute Gasteiger partial charge is 0.107 e. The molecule has 0 radical (unpaired) electrons. The second kappa shape index (κ2) is 3.19. The van der Waals surface area contributed by atoms with Crippen molar-refractivity contribution in [1.82, 2.24) is 0 Å². The largest absolute Gasteiger partial charge is 0.384 e. The van der Waals surface area contributed by atoms with Crippen LogP contribution in [-0.2, 0) is 0 Å². The lowest BCUT2D eigenvalue weighted by molar-refractivity contribution is 0.224. The van der Waals surface area contributed by atoms with Gasteiger partial charge in [-0.05, 0) is 38.8 Å². The van der Waals surface area contributed by atoms with Crippen molar-refractivity contribution in [1.29, 1.82) is 0 Å². The molecule has 1 aliphatic carbocycles. The fraction of sp³-hybridized carbons (Fsp3) is 0.385. The van der Waals surface area contributed by atoms with Crippen LogP contribution in [0.15, 0.2) is 0 Å². The van der Waals surface area contributed by atoms with Crippen molar-refractivity contribution in [2.75, 3.05) is 0 Å². The van der Waals surface area contributed by atoms with E-state index in [1.165, 1.54) is 30.6 Å². The number of aryl methyl sites for hydroxylation is 2. The minimum atomic E-state index is -0.389. The van der Waals surface area contributed by atoms with Crippen LogP contribution >= 0.6 is 22.7 Å². The van der Waals surface area contributed by atoms with Gasteiger partial charge < -0.3 is 5.11 Å². The maximum Gasteiger partial charge on any atom is 0.107 e. The molecule has 1 nitrogen and oxygen atoms in total. The second-order valence-corrected chi connectivity index (χ2v) is 6.90. The fourth-order valence-electron chi connectivity index (χ4n) is 2.43. The van der Waals surface area contributed by atoms with Crippen molar-refractivity contribution < 1.29 is 5.11 Å². The molecule has 0 spiro atoms. The summed E-state index contributed by atoms with van der Waals surface area (Å²) >= 11 is 3.64. The molecule has 2 aromatic rings. The highest BCUT2D eigenvalue weighted by Gasteiger charge is 2.35. The normalized spacial score (nSPS) is 14.3. The highest BCUT2D eigenvalue weighted by atomic mass is 32.1. The zero-order chi connectivity index (χ0) is 11.6. The SMILES string of the molecule is Cc1sc2c(c1C)C(O)c1c-2sc(C)c1C. The molecule has 0 bridgehead atoms. The molecule has 1 aliphatic rings. The molecule has 0 amide bonds. The molecule has 0 unspecified atom stereocenters. The van der Waals surface area contributed by atoms with Crippen molar-refractivity contribution in [2.45, 2.75) is 33.8 Å². The summed E-state index contributed by atoms with van der Waals surface area (Å²) in [4.78, 5) is 5.27. The van der Waals surface area contributed by atoms with E-state index in [1.54, 1.807) is 0 Å². The summed E-state index contributed by atoms with van der Waals surface area (Å²) in [6, 6.07) is 0. The summed E-state index contributed by atoms with van der Waals surface area (Å²) in [6.45, 7) is 8.51. The van der Waals surface area contributed by atoms with Gasteiger partial charge in [0.25, 0.3) is 0 Å². The van der Waals surface area contributed by atoms with E-state index in [4.69, 9.17) is 0 Å². The van der Waals surface area contributed by atoms with Gasteiger partial charge in [0.05, 0.1) is 9.75 Å². The maximum absolute atomic E-state index is 10.4. The first kappa shape index (κ1) is 10.5. The van der Waals surface area contributed by atoms with Gasteiger partial charge in [-0.25, -0.2) is 0 Å². The zero-order valence-electron chi connectivity index (χ0n) is 9.84. The molecular weight excluding hydrogens is 236 g/mol. The number of aliphatic hydroxyl groups excluding tert-OH is 1. The van der Waals surface area contributed by atoms with Crippen LogP contribution in [0, 0.1) is 27.7 Å². The number of fused-ring (bicyclic) bond motifs is 3. The third kappa shape index (κ3) is 1.09. The molecule has 2 aromatic heterocycles. The summed E-state index contributed by atoms with van der Waals surface area (Å²) < 4.78 is 0. The molecule has 84 valence electrons. The Morgan fingerprint density at radius 2 is 1.19 bits per heavy atom. The molecule has 1 N–H and O–H groups in total. The standard InChI is InChI=1S/C13H14OS2/c1-5-7(3)15-12-9(5)11(14)10-6(2)8(4)16-13(10)12/h11,14H,1-4H3. The lowest BCUT2D eigenvalue weighted by atomic mass is 10.0. The Balaban J connectivity index is 2.37. The first-order chi connectivity index (χ1) is 7.52. The summed E-state index contributed by atoms with van der Waals surface area (Å²) in [5.41, 5.74) is 4.86. The van der Waals surface area contributed by atoms with Crippen molar-refractivity contribution in [3.8, 4) is 9.75 Å². The van der Waals surface area contributed by atoms with Gasteiger partial charge in [0.1, 0.15) is 6.10 Å². The van der Waals surface area contributed by atoms with E-state index >= 15 is 0 Å². The third-order valence-electron chi connectivity index (χ3n) is 3.62. The lowest BCUT2D eigenvalue weighted by Crippen LogP contribution is -1.97. The Morgan fingerprint density at radius 3 is 1.56 bits per heavy atom. The Kier molecular flexibility index (Phi) is 2.09. The average molecular weight is 250 g/mol. The van der Waals surface area contributed by atoms with Crippen molar-refractivity contribution in [2.24, 2.45) is 0 Å². The van der Waals surface area contributed by atoms with E-state index in [0.29, 0.717) is 0 Å². The summed E-state index contributed by atoms with van der Waals surface area (Å²) in [6.07, 6.45) is -0.389. The molecule has 0 saturated carbocycles. The number of hydrogen-bond acceptors (Lipinski definition) is 3. The average Bonchev–Trinajstić information content (AvgIpc) is 2.76. The summed E-state index contributed by atoms with van der Waals surface area (Å²) in [5.74, 6) is 0.